The maximum atomic E-state index is 14.1. The molecule has 0 fully saturated rings. The molecule has 11 heteroatoms. The van der Waals surface area contributed by atoms with Crippen molar-refractivity contribution < 1.29 is 27.5 Å². The first-order valence-electron chi connectivity index (χ1n) is 10.9. The molecule has 2 heterocycles. The van der Waals surface area contributed by atoms with Gasteiger partial charge >= 0.3 is 0 Å². The quantitative estimate of drug-likeness (QED) is 0.603. The molecule has 33 heavy (non-hydrogen) atoms. The van der Waals surface area contributed by atoms with Crippen molar-refractivity contribution in [3.63, 3.8) is 0 Å². The van der Waals surface area contributed by atoms with Crippen LogP contribution in [-0.4, -0.2) is 58.3 Å². The van der Waals surface area contributed by atoms with E-state index in [0.29, 0.717) is 37.2 Å². The topological polar surface area (TPSA) is 89.3 Å². The van der Waals surface area contributed by atoms with Crippen molar-refractivity contribution in [2.45, 2.75) is 45.7 Å². The summed E-state index contributed by atoms with van der Waals surface area (Å²) in [5, 5.41) is 11.5. The Morgan fingerprint density at radius 1 is 1.12 bits per heavy atom. The standard InChI is InChI=1S/C22H28F3N5O3/c1-13(2)12-16(26-18(31)7-11-33-3)21-28-27-17-6-8-29(9-10-30(17)21)22(32)19-14(23)4-5-15(24)20(19)25/h4-5,13,16H,6-12H2,1-3H3,(H,26,31). The molecular weight excluding hydrogens is 439 g/mol. The molecule has 1 aromatic heterocycles. The number of hydrogen-bond donors (Lipinski definition) is 1. The third kappa shape index (κ3) is 5.70. The molecule has 0 saturated carbocycles. The zero-order chi connectivity index (χ0) is 24.1. The van der Waals surface area contributed by atoms with E-state index >= 15 is 0 Å². The summed E-state index contributed by atoms with van der Waals surface area (Å²) >= 11 is 0. The van der Waals surface area contributed by atoms with Gasteiger partial charge in [0, 0.05) is 39.6 Å². The maximum Gasteiger partial charge on any atom is 0.260 e. The Morgan fingerprint density at radius 2 is 1.85 bits per heavy atom. The Labute approximate surface area is 190 Å². The second kappa shape index (κ2) is 10.8. The molecule has 180 valence electrons. The molecular formula is C22H28F3N5O3. The van der Waals surface area contributed by atoms with Crippen LogP contribution < -0.4 is 5.32 Å². The van der Waals surface area contributed by atoms with Gasteiger partial charge in [-0.1, -0.05) is 13.8 Å². The highest BCUT2D eigenvalue weighted by Gasteiger charge is 2.30. The van der Waals surface area contributed by atoms with E-state index < -0.39 is 35.0 Å². The molecule has 8 nitrogen and oxygen atoms in total. The minimum absolute atomic E-state index is 0.123. The van der Waals surface area contributed by atoms with Crippen LogP contribution in [0.2, 0.25) is 0 Å². The lowest BCUT2D eigenvalue weighted by Gasteiger charge is -2.22. The first-order chi connectivity index (χ1) is 15.7. The number of fused-ring (bicyclic) bond motifs is 1. The second-order valence-corrected chi connectivity index (χ2v) is 8.38. The van der Waals surface area contributed by atoms with E-state index in [0.717, 1.165) is 6.07 Å². The Kier molecular flexibility index (Phi) is 8.06. The number of aromatic nitrogens is 3. The van der Waals surface area contributed by atoms with E-state index in [1.165, 1.54) is 12.0 Å². The average molecular weight is 467 g/mol. The number of hydrogen-bond acceptors (Lipinski definition) is 5. The summed E-state index contributed by atoms with van der Waals surface area (Å²) in [5.41, 5.74) is -0.907. The van der Waals surface area contributed by atoms with Crippen LogP contribution >= 0.6 is 0 Å². The zero-order valence-electron chi connectivity index (χ0n) is 18.9. The van der Waals surface area contributed by atoms with Crippen molar-refractivity contribution in [3.05, 3.63) is 46.8 Å². The van der Waals surface area contributed by atoms with Crippen molar-refractivity contribution in [1.82, 2.24) is 25.0 Å². The molecule has 1 aliphatic heterocycles. The number of carbonyl (C=O) groups excluding carboxylic acids is 2. The van der Waals surface area contributed by atoms with Gasteiger partial charge in [0.2, 0.25) is 5.91 Å². The van der Waals surface area contributed by atoms with Crippen LogP contribution in [0.1, 0.15) is 54.7 Å². The Bertz CT molecular complexity index is 1010. The summed E-state index contributed by atoms with van der Waals surface area (Å²) in [6.07, 6.45) is 1.13. The number of carbonyl (C=O) groups is 2. The number of amides is 2. The number of methoxy groups -OCH3 is 1. The van der Waals surface area contributed by atoms with E-state index in [9.17, 15) is 22.8 Å². The fourth-order valence-electron chi connectivity index (χ4n) is 3.85. The number of rotatable bonds is 8. The lowest BCUT2D eigenvalue weighted by molar-refractivity contribution is -0.122. The second-order valence-electron chi connectivity index (χ2n) is 8.38. The molecule has 2 amide bonds. The smallest absolute Gasteiger partial charge is 0.260 e. The van der Waals surface area contributed by atoms with Gasteiger partial charge in [0.1, 0.15) is 17.2 Å². The fraction of sp³-hybridized carbons (Fsp3) is 0.545. The molecule has 1 aromatic carbocycles. The summed E-state index contributed by atoms with van der Waals surface area (Å²) in [6.45, 7) is 4.87. The van der Waals surface area contributed by atoms with Crippen LogP contribution in [0.4, 0.5) is 13.2 Å². The molecule has 1 atom stereocenters. The van der Waals surface area contributed by atoms with Crippen LogP contribution in [0.25, 0.3) is 0 Å². The van der Waals surface area contributed by atoms with Gasteiger partial charge in [0.25, 0.3) is 5.91 Å². The van der Waals surface area contributed by atoms with Gasteiger partial charge in [-0.15, -0.1) is 10.2 Å². The van der Waals surface area contributed by atoms with Crippen LogP contribution in [-0.2, 0) is 22.5 Å². The normalized spacial score (nSPS) is 14.7. The summed E-state index contributed by atoms with van der Waals surface area (Å²) < 4.78 is 48.6. The highest BCUT2D eigenvalue weighted by molar-refractivity contribution is 5.94. The average Bonchev–Trinajstić information content (AvgIpc) is 3.05. The third-order valence-electron chi connectivity index (χ3n) is 5.49. The van der Waals surface area contributed by atoms with Crippen LogP contribution in [0.15, 0.2) is 12.1 Å². The molecule has 3 rings (SSSR count). The van der Waals surface area contributed by atoms with E-state index in [1.807, 2.05) is 18.4 Å². The van der Waals surface area contributed by atoms with Crippen LogP contribution in [0.5, 0.6) is 0 Å². The number of nitrogens with one attached hydrogen (secondary N) is 1. The third-order valence-corrected chi connectivity index (χ3v) is 5.49. The Balaban J connectivity index is 1.80. The Morgan fingerprint density at radius 3 is 2.55 bits per heavy atom. The molecule has 1 N–H and O–H groups in total. The number of ether oxygens (including phenoxy) is 1. The molecule has 0 radical (unpaired) electrons. The molecule has 0 bridgehead atoms. The lowest BCUT2D eigenvalue weighted by atomic mass is 10.0. The van der Waals surface area contributed by atoms with Gasteiger partial charge in [-0.2, -0.15) is 0 Å². The van der Waals surface area contributed by atoms with Crippen molar-refractivity contribution in [2.24, 2.45) is 5.92 Å². The number of nitrogens with zero attached hydrogens (tertiary/aromatic N) is 4. The fourth-order valence-corrected chi connectivity index (χ4v) is 3.85. The molecule has 0 aliphatic carbocycles. The van der Waals surface area contributed by atoms with Gasteiger partial charge in [-0.3, -0.25) is 9.59 Å². The molecule has 1 unspecified atom stereocenters. The first kappa shape index (κ1) is 24.7. The largest absolute Gasteiger partial charge is 0.384 e. The molecule has 2 aromatic rings. The van der Waals surface area contributed by atoms with Crippen molar-refractivity contribution >= 4 is 11.8 Å². The minimum Gasteiger partial charge on any atom is -0.384 e. The van der Waals surface area contributed by atoms with E-state index in [-0.39, 0.29) is 37.9 Å². The van der Waals surface area contributed by atoms with Gasteiger partial charge < -0.3 is 19.5 Å². The number of benzene rings is 1. The summed E-state index contributed by atoms with van der Waals surface area (Å²) in [6, 6.07) is 0.989. The van der Waals surface area contributed by atoms with Crippen LogP contribution in [0.3, 0.4) is 0 Å². The highest BCUT2D eigenvalue weighted by atomic mass is 19.2. The Hall–Kier alpha value is -2.95. The van der Waals surface area contributed by atoms with Crippen molar-refractivity contribution in [3.8, 4) is 0 Å². The van der Waals surface area contributed by atoms with Gasteiger partial charge in [0.05, 0.1) is 12.6 Å². The maximum absolute atomic E-state index is 14.1. The van der Waals surface area contributed by atoms with Crippen molar-refractivity contribution in [1.29, 1.82) is 0 Å². The molecule has 0 spiro atoms. The van der Waals surface area contributed by atoms with Gasteiger partial charge in [-0.05, 0) is 24.5 Å². The van der Waals surface area contributed by atoms with Gasteiger partial charge in [0.15, 0.2) is 17.5 Å². The minimum atomic E-state index is -1.50. The predicted octanol–water partition coefficient (Wildman–Crippen LogP) is 2.63. The summed E-state index contributed by atoms with van der Waals surface area (Å²) in [5.74, 6) is -3.58. The monoisotopic (exact) mass is 467 g/mol. The molecule has 0 saturated heterocycles. The van der Waals surface area contributed by atoms with Gasteiger partial charge in [-0.25, -0.2) is 13.2 Å². The van der Waals surface area contributed by atoms with Crippen molar-refractivity contribution in [2.75, 3.05) is 26.8 Å². The van der Waals surface area contributed by atoms with E-state index in [2.05, 4.69) is 15.5 Å². The van der Waals surface area contributed by atoms with Crippen LogP contribution in [0, 0.1) is 23.4 Å². The highest BCUT2D eigenvalue weighted by Crippen LogP contribution is 2.24. The SMILES string of the molecule is COCCC(=O)NC(CC(C)C)c1nnc2n1CCN(C(=O)c1c(F)ccc(F)c1F)CC2. The summed E-state index contributed by atoms with van der Waals surface area (Å²) in [4.78, 5) is 26.4. The number of halogens is 3. The molecule has 1 aliphatic rings. The summed E-state index contributed by atoms with van der Waals surface area (Å²) in [7, 11) is 1.52. The lowest BCUT2D eigenvalue weighted by Crippen LogP contribution is -2.36. The predicted molar refractivity (Wildman–Crippen MR) is 113 cm³/mol. The van der Waals surface area contributed by atoms with E-state index in [1.54, 1.807) is 0 Å². The van der Waals surface area contributed by atoms with E-state index in [4.69, 9.17) is 4.74 Å². The zero-order valence-corrected chi connectivity index (χ0v) is 18.9. The first-order valence-corrected chi connectivity index (χ1v) is 10.9.